The van der Waals surface area contributed by atoms with Crippen LogP contribution in [0, 0.1) is 0 Å². The lowest BCUT2D eigenvalue weighted by Gasteiger charge is -2.20. The van der Waals surface area contributed by atoms with Gasteiger partial charge in [0.25, 0.3) is 0 Å². The minimum absolute atomic E-state index is 0.327. The van der Waals surface area contributed by atoms with Crippen LogP contribution in [-0.4, -0.2) is 29.3 Å². The van der Waals surface area contributed by atoms with Crippen molar-refractivity contribution >= 4 is 23.2 Å². The van der Waals surface area contributed by atoms with Crippen molar-refractivity contribution < 1.29 is 9.53 Å². The van der Waals surface area contributed by atoms with E-state index < -0.39 is 0 Å². The molecular formula is C29H29N5O2. The zero-order valence-corrected chi connectivity index (χ0v) is 20.1. The third kappa shape index (κ3) is 6.18. The molecule has 2 heterocycles. The minimum Gasteiger partial charge on any atom is -0.457 e. The van der Waals surface area contributed by atoms with Crippen LogP contribution in [0.4, 0.5) is 22.0 Å². The van der Waals surface area contributed by atoms with Gasteiger partial charge in [0.05, 0.1) is 5.69 Å². The predicted molar refractivity (Wildman–Crippen MR) is 144 cm³/mol. The number of anilines is 3. The summed E-state index contributed by atoms with van der Waals surface area (Å²) >= 11 is 0. The lowest BCUT2D eigenvalue weighted by Crippen LogP contribution is -2.25. The summed E-state index contributed by atoms with van der Waals surface area (Å²) in [6, 6.07) is 28.1. The molecule has 5 rings (SSSR count). The van der Waals surface area contributed by atoms with Gasteiger partial charge in [0, 0.05) is 30.0 Å². The first kappa shape index (κ1) is 23.4. The highest BCUT2D eigenvalue weighted by atomic mass is 16.5. The Labute approximate surface area is 211 Å². The number of para-hydroxylation sites is 1. The van der Waals surface area contributed by atoms with Gasteiger partial charge in [-0.25, -0.2) is 4.79 Å². The Bertz CT molecular complexity index is 1270. The normalized spacial score (nSPS) is 13.5. The number of hydrogen-bond donors (Lipinski definition) is 2. The van der Waals surface area contributed by atoms with Crippen molar-refractivity contribution in [1.82, 2.24) is 10.2 Å². The van der Waals surface area contributed by atoms with Gasteiger partial charge >= 0.3 is 6.03 Å². The number of urea groups is 1. The van der Waals surface area contributed by atoms with Crippen molar-refractivity contribution in [3.05, 3.63) is 91.0 Å². The zero-order chi connectivity index (χ0) is 24.6. The molecule has 0 atom stereocenters. The van der Waals surface area contributed by atoms with Crippen LogP contribution in [0.15, 0.2) is 91.0 Å². The van der Waals surface area contributed by atoms with E-state index in [0.717, 1.165) is 35.9 Å². The van der Waals surface area contributed by atoms with E-state index in [0.29, 0.717) is 17.1 Å². The predicted octanol–water partition coefficient (Wildman–Crippen LogP) is 6.96. The lowest BCUT2D eigenvalue weighted by molar-refractivity contribution is 0.262. The fourth-order valence-corrected chi connectivity index (χ4v) is 4.23. The summed E-state index contributed by atoms with van der Waals surface area (Å²) < 4.78 is 5.79. The van der Waals surface area contributed by atoms with Gasteiger partial charge in [0.1, 0.15) is 11.5 Å². The minimum atomic E-state index is -0.327. The Morgan fingerprint density at radius 3 is 2.14 bits per heavy atom. The van der Waals surface area contributed by atoms with Crippen LogP contribution in [0.1, 0.15) is 25.7 Å². The van der Waals surface area contributed by atoms with Crippen LogP contribution in [0.3, 0.4) is 0 Å². The summed E-state index contributed by atoms with van der Waals surface area (Å²) in [6.45, 7) is 2.07. The quantitative estimate of drug-likeness (QED) is 0.312. The first-order chi connectivity index (χ1) is 17.7. The van der Waals surface area contributed by atoms with Crippen molar-refractivity contribution in [2.75, 3.05) is 28.6 Å². The molecule has 1 aliphatic heterocycles. The Morgan fingerprint density at radius 1 is 0.694 bits per heavy atom. The molecule has 0 bridgehead atoms. The lowest BCUT2D eigenvalue weighted by atomic mass is 10.1. The van der Waals surface area contributed by atoms with Crippen LogP contribution in [0.5, 0.6) is 11.5 Å². The van der Waals surface area contributed by atoms with Gasteiger partial charge in [-0.15, -0.1) is 10.2 Å². The molecule has 1 saturated heterocycles. The molecule has 7 nitrogen and oxygen atoms in total. The van der Waals surface area contributed by atoms with Crippen molar-refractivity contribution in [1.29, 1.82) is 0 Å². The molecule has 2 N–H and O–H groups in total. The van der Waals surface area contributed by atoms with E-state index in [4.69, 9.17) is 4.74 Å². The van der Waals surface area contributed by atoms with Crippen LogP contribution < -0.4 is 20.3 Å². The van der Waals surface area contributed by atoms with Crippen LogP contribution in [0.2, 0.25) is 0 Å². The molecule has 36 heavy (non-hydrogen) atoms. The van der Waals surface area contributed by atoms with Gasteiger partial charge in [-0.1, -0.05) is 43.2 Å². The van der Waals surface area contributed by atoms with Crippen molar-refractivity contribution in [3.63, 3.8) is 0 Å². The summed E-state index contributed by atoms with van der Waals surface area (Å²) in [5.74, 6) is 2.38. The molecule has 7 heteroatoms. The van der Waals surface area contributed by atoms with E-state index in [1.54, 1.807) is 12.1 Å². The van der Waals surface area contributed by atoms with Gasteiger partial charge in [-0.2, -0.15) is 0 Å². The topological polar surface area (TPSA) is 79.4 Å². The van der Waals surface area contributed by atoms with E-state index >= 15 is 0 Å². The van der Waals surface area contributed by atoms with E-state index in [2.05, 4.69) is 25.7 Å². The molecule has 1 aliphatic rings. The highest BCUT2D eigenvalue weighted by molar-refractivity contribution is 6.00. The van der Waals surface area contributed by atoms with Gasteiger partial charge in [0.2, 0.25) is 0 Å². The molecule has 1 aromatic heterocycles. The zero-order valence-electron chi connectivity index (χ0n) is 20.1. The van der Waals surface area contributed by atoms with Crippen LogP contribution in [-0.2, 0) is 0 Å². The van der Waals surface area contributed by atoms with Gasteiger partial charge < -0.3 is 20.3 Å². The number of carbonyl (C=O) groups is 1. The smallest absolute Gasteiger partial charge is 0.323 e. The molecule has 0 aliphatic carbocycles. The number of nitrogens with one attached hydrogen (secondary N) is 2. The molecule has 182 valence electrons. The monoisotopic (exact) mass is 479 g/mol. The average Bonchev–Trinajstić information content (AvgIpc) is 3.20. The fraction of sp³-hybridized carbons (Fsp3) is 0.207. The first-order valence-electron chi connectivity index (χ1n) is 12.3. The highest BCUT2D eigenvalue weighted by Crippen LogP contribution is 2.25. The number of benzene rings is 3. The van der Waals surface area contributed by atoms with E-state index in [-0.39, 0.29) is 6.03 Å². The van der Waals surface area contributed by atoms with Gasteiger partial charge in [0.15, 0.2) is 5.82 Å². The van der Waals surface area contributed by atoms with Crippen LogP contribution in [0.25, 0.3) is 11.3 Å². The fourth-order valence-electron chi connectivity index (χ4n) is 4.23. The number of rotatable bonds is 6. The Balaban J connectivity index is 1.18. The number of aromatic nitrogens is 2. The van der Waals surface area contributed by atoms with Gasteiger partial charge in [-0.3, -0.25) is 0 Å². The number of hydrogen-bond acceptors (Lipinski definition) is 5. The number of nitrogens with zero attached hydrogens (tertiary/aromatic N) is 3. The van der Waals surface area contributed by atoms with E-state index in [1.807, 2.05) is 78.9 Å². The molecule has 0 unspecified atom stereocenters. The number of amides is 2. The highest BCUT2D eigenvalue weighted by Gasteiger charge is 2.12. The summed E-state index contributed by atoms with van der Waals surface area (Å²) in [7, 11) is 0. The standard InChI is InChI=1S/C29H29N5O2/c35-29(30-23-13-15-26(16-14-23)36-25-11-4-3-5-12-25)31-24-10-8-9-22(21-24)27-17-18-28(33-32-27)34-19-6-1-2-7-20-34/h3-5,8-18,21H,1-2,6-7,19-20H2,(H2,30,31,35). The van der Waals surface area contributed by atoms with E-state index in [9.17, 15) is 4.79 Å². The van der Waals surface area contributed by atoms with Crippen molar-refractivity contribution in [2.24, 2.45) is 0 Å². The molecule has 3 aromatic carbocycles. The molecule has 0 saturated carbocycles. The maximum Gasteiger partial charge on any atom is 0.323 e. The molecule has 2 amide bonds. The van der Waals surface area contributed by atoms with E-state index in [1.165, 1.54) is 25.7 Å². The second-order valence-corrected chi connectivity index (χ2v) is 8.78. The largest absolute Gasteiger partial charge is 0.457 e. The second kappa shape index (κ2) is 11.4. The molecular weight excluding hydrogens is 450 g/mol. The Kier molecular flexibility index (Phi) is 7.37. The molecule has 0 spiro atoms. The maximum atomic E-state index is 12.6. The number of ether oxygens (including phenoxy) is 1. The maximum absolute atomic E-state index is 12.6. The third-order valence-corrected chi connectivity index (χ3v) is 6.09. The molecule has 4 aromatic rings. The Morgan fingerprint density at radius 2 is 1.42 bits per heavy atom. The van der Waals surface area contributed by atoms with Crippen LogP contribution >= 0.6 is 0 Å². The van der Waals surface area contributed by atoms with Gasteiger partial charge in [-0.05, 0) is 73.5 Å². The summed E-state index contributed by atoms with van der Waals surface area (Å²) in [4.78, 5) is 14.9. The van der Waals surface area contributed by atoms with Crippen molar-refractivity contribution in [2.45, 2.75) is 25.7 Å². The number of carbonyl (C=O) groups excluding carboxylic acids is 1. The third-order valence-electron chi connectivity index (χ3n) is 6.09. The first-order valence-corrected chi connectivity index (χ1v) is 12.3. The summed E-state index contributed by atoms with van der Waals surface area (Å²) in [5, 5.41) is 14.7. The average molecular weight is 480 g/mol. The molecule has 1 fully saturated rings. The Hall–Kier alpha value is -4.39. The van der Waals surface area contributed by atoms with Crippen molar-refractivity contribution in [3.8, 4) is 22.8 Å². The second-order valence-electron chi connectivity index (χ2n) is 8.78. The summed E-state index contributed by atoms with van der Waals surface area (Å²) in [5.41, 5.74) is 3.00. The summed E-state index contributed by atoms with van der Waals surface area (Å²) in [6.07, 6.45) is 4.96. The SMILES string of the molecule is O=C(Nc1ccc(Oc2ccccc2)cc1)Nc1cccc(-c2ccc(N3CCCCCC3)nn2)c1. The molecule has 0 radical (unpaired) electrons.